The van der Waals surface area contributed by atoms with Gasteiger partial charge in [-0.15, -0.1) is 6.58 Å². The Kier molecular flexibility index (Phi) is 10.4. The van der Waals surface area contributed by atoms with Gasteiger partial charge < -0.3 is 29.7 Å². The van der Waals surface area contributed by atoms with E-state index in [1.165, 1.54) is 11.0 Å². The summed E-state index contributed by atoms with van der Waals surface area (Å²) in [4.78, 5) is 61.6. The summed E-state index contributed by atoms with van der Waals surface area (Å²) in [7, 11) is -2.36. The van der Waals surface area contributed by atoms with Gasteiger partial charge in [-0.25, -0.2) is 18.2 Å². The van der Waals surface area contributed by atoms with Crippen molar-refractivity contribution in [3.05, 3.63) is 43.1 Å². The monoisotopic (exact) mass is 753 g/mol. The lowest BCUT2D eigenvalue weighted by atomic mass is 9.85. The molecule has 2 heterocycles. The van der Waals surface area contributed by atoms with Crippen molar-refractivity contribution in [1.29, 1.82) is 0 Å². The summed E-state index contributed by atoms with van der Waals surface area (Å²) in [6.07, 6.45) is 6.86. The van der Waals surface area contributed by atoms with Crippen LogP contribution in [0.15, 0.2) is 43.1 Å². The Hall–Kier alpha value is -4.40. The van der Waals surface area contributed by atoms with Crippen molar-refractivity contribution in [2.24, 2.45) is 11.3 Å². The van der Waals surface area contributed by atoms with E-state index in [2.05, 4.69) is 26.9 Å². The Morgan fingerprint density at radius 2 is 1.81 bits per heavy atom. The molecule has 1 aliphatic heterocycles. The molecule has 4 fully saturated rings. The van der Waals surface area contributed by atoms with E-state index < -0.39 is 79.7 Å². The fourth-order valence-corrected chi connectivity index (χ4v) is 9.18. The normalized spacial score (nSPS) is 25.8. The highest BCUT2D eigenvalue weighted by Crippen LogP contribution is 2.45. The molecular formula is C38H51N5O9S. The van der Waals surface area contributed by atoms with Crippen molar-refractivity contribution in [3.8, 4) is 11.6 Å². The van der Waals surface area contributed by atoms with E-state index in [4.69, 9.17) is 14.2 Å². The van der Waals surface area contributed by atoms with E-state index in [0.717, 1.165) is 37.5 Å². The van der Waals surface area contributed by atoms with Gasteiger partial charge in [-0.3, -0.25) is 19.1 Å². The number of ether oxygens (including phenoxy) is 3. The minimum Gasteiger partial charge on any atom is -0.497 e. The van der Waals surface area contributed by atoms with Gasteiger partial charge in [-0.05, 0) is 86.9 Å². The first-order chi connectivity index (χ1) is 25.0. The van der Waals surface area contributed by atoms with Crippen LogP contribution in [0.1, 0.15) is 85.5 Å². The third kappa shape index (κ3) is 7.95. The number of pyridine rings is 1. The van der Waals surface area contributed by atoms with Crippen LogP contribution in [0, 0.1) is 11.3 Å². The molecule has 53 heavy (non-hydrogen) atoms. The Bertz CT molecular complexity index is 1890. The smallest absolute Gasteiger partial charge is 0.408 e. The number of nitrogens with one attached hydrogen (secondary N) is 3. The zero-order valence-electron chi connectivity index (χ0n) is 31.1. The topological polar surface area (TPSA) is 182 Å². The van der Waals surface area contributed by atoms with Crippen LogP contribution in [0.25, 0.3) is 10.8 Å². The van der Waals surface area contributed by atoms with Gasteiger partial charge in [0.2, 0.25) is 27.7 Å². The van der Waals surface area contributed by atoms with Crippen LogP contribution in [0.3, 0.4) is 0 Å². The van der Waals surface area contributed by atoms with Gasteiger partial charge in [0.05, 0.1) is 18.9 Å². The summed E-state index contributed by atoms with van der Waals surface area (Å²) < 4.78 is 45.6. The number of sulfonamides is 1. The quantitative estimate of drug-likeness (QED) is 0.267. The summed E-state index contributed by atoms with van der Waals surface area (Å²) in [5, 5.41) is 6.46. The van der Waals surface area contributed by atoms with Crippen molar-refractivity contribution >= 4 is 44.6 Å². The van der Waals surface area contributed by atoms with E-state index >= 15 is 0 Å². The highest BCUT2D eigenvalue weighted by Gasteiger charge is 2.62. The van der Waals surface area contributed by atoms with Gasteiger partial charge in [-0.1, -0.05) is 33.3 Å². The molecule has 0 radical (unpaired) electrons. The number of methoxy groups -OCH3 is 1. The second-order valence-electron chi connectivity index (χ2n) is 16.2. The van der Waals surface area contributed by atoms with Crippen molar-refractivity contribution in [2.45, 2.75) is 120 Å². The molecule has 4 aliphatic rings. The van der Waals surface area contributed by atoms with E-state index in [1.807, 2.05) is 25.1 Å². The molecule has 0 bridgehead atoms. The maximum atomic E-state index is 14.6. The molecule has 5 atom stereocenters. The molecule has 14 nitrogen and oxygen atoms in total. The summed E-state index contributed by atoms with van der Waals surface area (Å²) in [5.41, 5.74) is -2.99. The van der Waals surface area contributed by atoms with Gasteiger partial charge in [-0.2, -0.15) is 0 Å². The Balaban J connectivity index is 1.27. The number of alkyl carbamates (subject to hydrolysis) is 1. The first-order valence-corrected chi connectivity index (χ1v) is 19.9. The Morgan fingerprint density at radius 1 is 1.09 bits per heavy atom. The van der Waals surface area contributed by atoms with Crippen molar-refractivity contribution in [3.63, 3.8) is 0 Å². The minimum atomic E-state index is -3.93. The third-order valence-corrected chi connectivity index (χ3v) is 13.0. The van der Waals surface area contributed by atoms with Gasteiger partial charge in [0.25, 0.3) is 5.91 Å². The Labute approximate surface area is 310 Å². The number of aromatic nitrogens is 1. The molecular weight excluding hydrogens is 703 g/mol. The maximum Gasteiger partial charge on any atom is 0.408 e. The average molecular weight is 754 g/mol. The summed E-state index contributed by atoms with van der Waals surface area (Å²) in [6, 6.07) is 5.02. The fraction of sp³-hybridized carbons (Fsp3) is 0.605. The molecule has 3 saturated carbocycles. The molecule has 0 spiro atoms. The van der Waals surface area contributed by atoms with Crippen LogP contribution in [0.5, 0.6) is 11.6 Å². The SMILES string of the molecule is C=C[C@@H]1C[C@]1(NC(=O)[C@@H]1C[C@@H](Oc2nccc3cc(OC)ccc23)CN1C(=O)[C@@H](NC(=O)OC1(C)CCCC1)C(C)(C)C)C(=O)NS(=O)(=O)C1CCC1. The zero-order chi connectivity index (χ0) is 38.3. The van der Waals surface area contributed by atoms with Crippen LogP contribution in [0.2, 0.25) is 0 Å². The number of carbonyl (C=O) groups excluding carboxylic acids is 4. The van der Waals surface area contributed by atoms with Crippen molar-refractivity contribution in [1.82, 2.24) is 25.2 Å². The average Bonchev–Trinajstić information content (AvgIpc) is 3.35. The standard InChI is InChI=1S/C38H51N5O9S/c1-7-24-21-38(24,34(46)42-53(48,49)27-11-10-12-27)41-31(44)29-20-26(51-32-28-14-13-25(50-6)19-23(28)15-18-39-32)22-43(29)33(45)30(36(2,3)4)40-35(47)52-37(5)16-8-9-17-37/h7,13-15,18-19,24,26-27,29-30H,1,8-12,16-17,20-22H2,2-6H3,(H,40,47)(H,41,44)(H,42,46)/t24-,26-,29+,30-,38-/m1/s1. The lowest BCUT2D eigenvalue weighted by Gasteiger charge is -2.36. The lowest BCUT2D eigenvalue weighted by Crippen LogP contribution is -2.60. The van der Waals surface area contributed by atoms with E-state index in [9.17, 15) is 27.6 Å². The van der Waals surface area contributed by atoms with Crippen LogP contribution < -0.4 is 24.8 Å². The first-order valence-electron chi connectivity index (χ1n) is 18.4. The number of benzene rings is 1. The molecule has 1 aromatic heterocycles. The molecule has 1 saturated heterocycles. The number of hydrogen-bond donors (Lipinski definition) is 3. The predicted octanol–water partition coefficient (Wildman–Crippen LogP) is 4.12. The number of nitrogens with zero attached hydrogens (tertiary/aromatic N) is 2. The lowest BCUT2D eigenvalue weighted by molar-refractivity contribution is -0.143. The van der Waals surface area contributed by atoms with Crippen LogP contribution in [-0.4, -0.2) is 90.3 Å². The number of likely N-dealkylation sites (tertiary alicyclic amines) is 1. The molecule has 288 valence electrons. The number of amides is 4. The highest BCUT2D eigenvalue weighted by molar-refractivity contribution is 7.90. The largest absolute Gasteiger partial charge is 0.497 e. The summed E-state index contributed by atoms with van der Waals surface area (Å²) >= 11 is 0. The van der Waals surface area contributed by atoms with Gasteiger partial charge in [0, 0.05) is 23.9 Å². The molecule has 1 aromatic carbocycles. The number of fused-ring (bicyclic) bond motifs is 1. The molecule has 4 amide bonds. The molecule has 15 heteroatoms. The van der Waals surface area contributed by atoms with Crippen LogP contribution >= 0.6 is 0 Å². The molecule has 3 aliphatic carbocycles. The summed E-state index contributed by atoms with van der Waals surface area (Å²) in [6.45, 7) is 11.1. The minimum absolute atomic E-state index is 0.0298. The van der Waals surface area contributed by atoms with E-state index in [0.29, 0.717) is 29.9 Å². The first kappa shape index (κ1) is 38.3. The molecule has 0 unspecified atom stereocenters. The van der Waals surface area contributed by atoms with E-state index in [1.54, 1.807) is 40.1 Å². The molecule has 6 rings (SSSR count). The van der Waals surface area contributed by atoms with Gasteiger partial charge in [0.1, 0.15) is 35.1 Å². The summed E-state index contributed by atoms with van der Waals surface area (Å²) in [5.74, 6) is -1.59. The fourth-order valence-electron chi connectivity index (χ4n) is 7.61. The zero-order valence-corrected chi connectivity index (χ0v) is 31.9. The highest BCUT2D eigenvalue weighted by atomic mass is 32.2. The number of rotatable bonds is 12. The van der Waals surface area contributed by atoms with Gasteiger partial charge in [0.15, 0.2) is 0 Å². The second kappa shape index (κ2) is 14.4. The van der Waals surface area contributed by atoms with E-state index in [-0.39, 0.29) is 19.4 Å². The molecule has 3 N–H and O–H groups in total. The van der Waals surface area contributed by atoms with Crippen molar-refractivity contribution < 1.29 is 41.8 Å². The number of carbonyl (C=O) groups is 4. The predicted molar refractivity (Wildman–Crippen MR) is 196 cm³/mol. The number of hydrogen-bond acceptors (Lipinski definition) is 10. The third-order valence-electron chi connectivity index (χ3n) is 11.2. The Morgan fingerprint density at radius 3 is 2.42 bits per heavy atom. The second-order valence-corrected chi connectivity index (χ2v) is 18.2. The van der Waals surface area contributed by atoms with Crippen LogP contribution in [0.4, 0.5) is 4.79 Å². The molecule has 2 aromatic rings. The van der Waals surface area contributed by atoms with Gasteiger partial charge >= 0.3 is 6.09 Å². The maximum absolute atomic E-state index is 14.6. The van der Waals surface area contributed by atoms with Crippen LogP contribution in [-0.2, 0) is 29.1 Å². The van der Waals surface area contributed by atoms with Crippen molar-refractivity contribution in [2.75, 3.05) is 13.7 Å².